The summed E-state index contributed by atoms with van der Waals surface area (Å²) in [5, 5.41) is 25.0. The number of nitrogens with zero attached hydrogens (tertiary/aromatic N) is 1. The van der Waals surface area contributed by atoms with E-state index in [1.807, 2.05) is 4.91 Å². The molecule has 0 aliphatic rings. The van der Waals surface area contributed by atoms with E-state index in [1.54, 1.807) is 0 Å². The summed E-state index contributed by atoms with van der Waals surface area (Å²) in [5.41, 5.74) is 14.9. The van der Waals surface area contributed by atoms with Crippen molar-refractivity contribution in [1.29, 1.82) is 11.1 Å². The predicted molar refractivity (Wildman–Crippen MR) is 35.7 cm³/mol. The Hall–Kier alpha value is -0.850. The van der Waals surface area contributed by atoms with Gasteiger partial charge in [-0.15, -0.1) is 0 Å². The quantitative estimate of drug-likeness (QED) is 0.207. The minimum Gasteiger partial charge on any atom is -0.394 e. The fourth-order valence-electron chi connectivity index (χ4n) is 0.150. The molecule has 0 aromatic heterocycles. The maximum atomic E-state index is 8.34. The maximum Gasteiger partial charge on any atom is 0.211 e. The third-order valence-electron chi connectivity index (χ3n) is 0.945. The van der Waals surface area contributed by atoms with Crippen LogP contribution in [0.15, 0.2) is 0 Å². The Morgan fingerprint density at radius 3 is 1.27 bits per heavy atom. The number of hydrogen-bond donors (Lipinski definition) is 6. The molecule has 0 heterocycles. The van der Waals surface area contributed by atoms with Gasteiger partial charge in [0.05, 0.1) is 25.4 Å². The van der Waals surface area contributed by atoms with Gasteiger partial charge >= 0.3 is 0 Å². The molecule has 0 saturated heterocycles. The van der Waals surface area contributed by atoms with Crippen LogP contribution in [0.5, 0.6) is 0 Å². The first-order valence-corrected chi connectivity index (χ1v) is 2.75. The molecular formula is C4H13N4O3+. The van der Waals surface area contributed by atoms with Gasteiger partial charge in [-0.05, 0) is 0 Å². The van der Waals surface area contributed by atoms with Gasteiger partial charge in [0.2, 0.25) is 4.91 Å². The molecule has 0 aromatic rings. The number of aliphatic hydroxyl groups excluding tert-OH is 3. The first kappa shape index (κ1) is 12.8. The molecule has 0 radical (unpaired) electrons. The highest BCUT2D eigenvalue weighted by Crippen LogP contribution is 1.93. The van der Waals surface area contributed by atoms with Crippen molar-refractivity contribution in [3.8, 4) is 0 Å². The molecule has 7 N–H and O–H groups in total. The fourth-order valence-corrected chi connectivity index (χ4v) is 0.150. The van der Waals surface area contributed by atoms with Crippen molar-refractivity contribution in [3.63, 3.8) is 0 Å². The van der Waals surface area contributed by atoms with Gasteiger partial charge in [0.15, 0.2) is 0 Å². The third-order valence-corrected chi connectivity index (χ3v) is 0.945. The van der Waals surface area contributed by atoms with Gasteiger partial charge in [0.25, 0.3) is 0 Å². The van der Waals surface area contributed by atoms with Gasteiger partial charge in [-0.3, -0.25) is 0 Å². The first-order chi connectivity index (χ1) is 5.10. The molecule has 0 aromatic carbocycles. The Morgan fingerprint density at radius 1 is 1.09 bits per heavy atom. The molecule has 7 heteroatoms. The predicted octanol–water partition coefficient (Wildman–Crippen LogP) is -2.22. The molecule has 0 aliphatic carbocycles. The van der Waals surface area contributed by atoms with E-state index in [1.165, 1.54) is 0 Å². The van der Waals surface area contributed by atoms with E-state index in [4.69, 9.17) is 32.1 Å². The van der Waals surface area contributed by atoms with E-state index < -0.39 is 25.4 Å². The van der Waals surface area contributed by atoms with Crippen molar-refractivity contribution in [2.75, 3.05) is 19.8 Å². The summed E-state index contributed by atoms with van der Waals surface area (Å²) in [5.74, 6) is 0. The SMILES string of the molecule is N=[N+]=N.NC(CO)(CO)CO. The van der Waals surface area contributed by atoms with Crippen LogP contribution in [0.25, 0.3) is 0 Å². The third kappa shape index (κ3) is 7.04. The highest BCUT2D eigenvalue weighted by Gasteiger charge is 2.20. The normalized spacial score (nSPS) is 9.45. The van der Waals surface area contributed by atoms with Crippen LogP contribution in [0.4, 0.5) is 0 Å². The Morgan fingerprint density at radius 2 is 1.27 bits per heavy atom. The van der Waals surface area contributed by atoms with Crippen LogP contribution in [-0.2, 0) is 0 Å². The monoisotopic (exact) mass is 165 g/mol. The molecular weight excluding hydrogens is 152 g/mol. The fraction of sp³-hybridized carbons (Fsp3) is 1.00. The zero-order valence-electron chi connectivity index (χ0n) is 5.99. The number of nitrogens with one attached hydrogen (secondary N) is 2. The molecule has 0 rings (SSSR count). The largest absolute Gasteiger partial charge is 0.394 e. The highest BCUT2D eigenvalue weighted by molar-refractivity contribution is 4.80. The van der Waals surface area contributed by atoms with Gasteiger partial charge in [0.1, 0.15) is 11.1 Å². The molecule has 0 amide bonds. The van der Waals surface area contributed by atoms with Gasteiger partial charge in [-0.25, -0.2) is 0 Å². The summed E-state index contributed by atoms with van der Waals surface area (Å²) in [7, 11) is 0. The van der Waals surface area contributed by atoms with Crippen molar-refractivity contribution < 1.29 is 15.3 Å². The zero-order valence-corrected chi connectivity index (χ0v) is 5.99. The van der Waals surface area contributed by atoms with Gasteiger partial charge in [-0.2, -0.15) is 0 Å². The number of aliphatic hydroxyl groups is 3. The Labute approximate surface area is 63.5 Å². The van der Waals surface area contributed by atoms with E-state index >= 15 is 0 Å². The van der Waals surface area contributed by atoms with Gasteiger partial charge in [-0.1, -0.05) is 0 Å². The van der Waals surface area contributed by atoms with Crippen LogP contribution >= 0.6 is 0 Å². The number of rotatable bonds is 3. The summed E-state index contributed by atoms with van der Waals surface area (Å²) in [6, 6.07) is 0. The van der Waals surface area contributed by atoms with Crippen LogP contribution in [-0.4, -0.2) is 40.7 Å². The second-order valence-corrected chi connectivity index (χ2v) is 1.95. The average Bonchev–Trinajstić information content (AvgIpc) is 2.05. The average molecular weight is 165 g/mol. The molecule has 0 bridgehead atoms. The lowest BCUT2D eigenvalue weighted by atomic mass is 10.1. The highest BCUT2D eigenvalue weighted by atomic mass is 16.3. The minimum atomic E-state index is -1.21. The van der Waals surface area contributed by atoms with Crippen molar-refractivity contribution in [2.24, 2.45) is 5.73 Å². The van der Waals surface area contributed by atoms with Crippen LogP contribution in [0.1, 0.15) is 0 Å². The zero-order chi connectivity index (χ0) is 9.33. The topological polar surface area (TPSA) is 149 Å². The van der Waals surface area contributed by atoms with Crippen LogP contribution in [0.3, 0.4) is 0 Å². The lowest BCUT2D eigenvalue weighted by Crippen LogP contribution is -2.50. The number of nitrogens with two attached hydrogens (primary N) is 1. The van der Waals surface area contributed by atoms with Gasteiger partial charge in [0, 0.05) is 0 Å². The molecule has 0 atom stereocenters. The summed E-state index contributed by atoms with van der Waals surface area (Å²) >= 11 is 0. The Kier molecular flexibility index (Phi) is 8.44. The summed E-state index contributed by atoms with van der Waals surface area (Å²) < 4.78 is 0. The minimum absolute atomic E-state index is 0.403. The summed E-state index contributed by atoms with van der Waals surface area (Å²) in [6.45, 7) is -1.21. The molecule has 0 fully saturated rings. The van der Waals surface area contributed by atoms with Crippen LogP contribution in [0.2, 0.25) is 0 Å². The van der Waals surface area contributed by atoms with Crippen molar-refractivity contribution in [1.82, 2.24) is 4.91 Å². The van der Waals surface area contributed by atoms with E-state index in [0.29, 0.717) is 0 Å². The molecule has 66 valence electrons. The van der Waals surface area contributed by atoms with Crippen molar-refractivity contribution >= 4 is 0 Å². The van der Waals surface area contributed by atoms with Crippen molar-refractivity contribution in [2.45, 2.75) is 5.54 Å². The van der Waals surface area contributed by atoms with E-state index in [9.17, 15) is 0 Å². The molecule has 0 spiro atoms. The van der Waals surface area contributed by atoms with Crippen molar-refractivity contribution in [3.05, 3.63) is 0 Å². The second-order valence-electron chi connectivity index (χ2n) is 1.95. The van der Waals surface area contributed by atoms with Crippen LogP contribution in [0, 0.1) is 11.1 Å². The lowest BCUT2D eigenvalue weighted by molar-refractivity contribution is 0.0698. The molecule has 0 saturated carbocycles. The smallest absolute Gasteiger partial charge is 0.211 e. The number of hydrogen-bond acceptors (Lipinski definition) is 6. The van der Waals surface area contributed by atoms with Crippen LogP contribution < -0.4 is 10.6 Å². The summed E-state index contributed by atoms with van der Waals surface area (Å²) in [6.07, 6.45) is 0. The molecule has 7 nitrogen and oxygen atoms in total. The molecule has 11 heavy (non-hydrogen) atoms. The second kappa shape index (κ2) is 7.26. The molecule has 0 unspecified atom stereocenters. The first-order valence-electron chi connectivity index (χ1n) is 2.75. The Balaban J connectivity index is 0. The van der Waals surface area contributed by atoms with E-state index in [0.717, 1.165) is 0 Å². The van der Waals surface area contributed by atoms with Gasteiger partial charge < -0.3 is 21.1 Å². The van der Waals surface area contributed by atoms with E-state index in [-0.39, 0.29) is 0 Å². The standard InChI is InChI=1S/C4H11NO3.H2N3/c5-4(1-6,2-7)3-8;1-3-2/h6-8H,1-3,5H2;1-2H/q;+1. The maximum absolute atomic E-state index is 8.34. The summed E-state index contributed by atoms with van der Waals surface area (Å²) in [4.78, 5) is 2.00. The lowest BCUT2D eigenvalue weighted by Gasteiger charge is -2.20. The molecule has 0 aliphatic heterocycles. The van der Waals surface area contributed by atoms with E-state index in [2.05, 4.69) is 0 Å². The Bertz CT molecular complexity index is 110.